The molecule has 0 aromatic carbocycles. The molecule has 0 aliphatic heterocycles. The van der Waals surface area contributed by atoms with E-state index < -0.39 is 0 Å². The molecule has 6 heteroatoms. The molecule has 1 saturated carbocycles. The summed E-state index contributed by atoms with van der Waals surface area (Å²) in [4.78, 5) is 15.2. The summed E-state index contributed by atoms with van der Waals surface area (Å²) in [6.45, 7) is 5.18. The second-order valence-corrected chi connectivity index (χ2v) is 5.83. The Labute approximate surface area is 121 Å². The zero-order valence-corrected chi connectivity index (χ0v) is 13.0. The first-order chi connectivity index (χ1) is 9.58. The van der Waals surface area contributed by atoms with Crippen LogP contribution in [0.5, 0.6) is 0 Å². The van der Waals surface area contributed by atoms with Crippen LogP contribution in [0.3, 0.4) is 0 Å². The maximum Gasteiger partial charge on any atom is 0.231 e. The van der Waals surface area contributed by atoms with Crippen LogP contribution < -0.4 is 15.5 Å². The topological polar surface area (TPSA) is 66.0 Å². The van der Waals surface area contributed by atoms with Crippen LogP contribution >= 0.6 is 0 Å². The number of nitrogens with zero attached hydrogens (tertiary/aromatic N) is 4. The molecule has 0 radical (unpaired) electrons. The monoisotopic (exact) mass is 278 g/mol. The minimum Gasteiger partial charge on any atom is -0.354 e. The summed E-state index contributed by atoms with van der Waals surface area (Å²) < 4.78 is 0. The molecular formula is C14H26N6. The fourth-order valence-corrected chi connectivity index (χ4v) is 2.08. The quantitative estimate of drug-likeness (QED) is 0.761. The molecule has 0 saturated heterocycles. The second kappa shape index (κ2) is 6.72. The van der Waals surface area contributed by atoms with E-state index in [9.17, 15) is 0 Å². The zero-order chi connectivity index (χ0) is 14.5. The fraction of sp³-hybridized carbons (Fsp3) is 0.786. The van der Waals surface area contributed by atoms with Crippen LogP contribution in [0.25, 0.3) is 0 Å². The van der Waals surface area contributed by atoms with Crippen molar-refractivity contribution in [2.24, 2.45) is 5.92 Å². The van der Waals surface area contributed by atoms with Crippen LogP contribution in [-0.2, 0) is 0 Å². The van der Waals surface area contributed by atoms with Crippen molar-refractivity contribution in [1.29, 1.82) is 0 Å². The van der Waals surface area contributed by atoms with Crippen molar-refractivity contribution in [2.75, 3.05) is 36.2 Å². The molecule has 0 bridgehead atoms. The Morgan fingerprint density at radius 1 is 1.20 bits per heavy atom. The molecule has 1 heterocycles. The Morgan fingerprint density at radius 2 is 1.90 bits per heavy atom. The van der Waals surface area contributed by atoms with Crippen molar-refractivity contribution in [2.45, 2.75) is 45.6 Å². The molecule has 1 aliphatic rings. The molecule has 0 spiro atoms. The SMILES string of the molecule is CCCNc1nc(NC(C)CC2CC2)nc(N(C)C)n1. The molecule has 1 atom stereocenters. The normalized spacial score (nSPS) is 15.8. The molecule has 1 unspecified atom stereocenters. The Kier molecular flexibility index (Phi) is 4.98. The van der Waals surface area contributed by atoms with E-state index in [2.05, 4.69) is 39.4 Å². The minimum absolute atomic E-state index is 0.402. The third kappa shape index (κ3) is 4.51. The highest BCUT2D eigenvalue weighted by atomic mass is 15.3. The van der Waals surface area contributed by atoms with E-state index in [4.69, 9.17) is 0 Å². The smallest absolute Gasteiger partial charge is 0.231 e. The van der Waals surface area contributed by atoms with Gasteiger partial charge in [0.05, 0.1) is 0 Å². The average molecular weight is 278 g/mol. The molecule has 1 fully saturated rings. The van der Waals surface area contributed by atoms with Gasteiger partial charge in [0, 0.05) is 26.7 Å². The molecule has 20 heavy (non-hydrogen) atoms. The number of anilines is 3. The van der Waals surface area contributed by atoms with Gasteiger partial charge in [0.15, 0.2) is 0 Å². The minimum atomic E-state index is 0.402. The van der Waals surface area contributed by atoms with Crippen LogP contribution in [0.15, 0.2) is 0 Å². The van der Waals surface area contributed by atoms with Crippen molar-refractivity contribution < 1.29 is 0 Å². The maximum absolute atomic E-state index is 4.46. The molecule has 2 rings (SSSR count). The molecule has 0 amide bonds. The lowest BCUT2D eigenvalue weighted by atomic mass is 10.2. The van der Waals surface area contributed by atoms with Gasteiger partial charge in [-0.25, -0.2) is 0 Å². The summed E-state index contributed by atoms with van der Waals surface area (Å²) in [6, 6.07) is 0.402. The van der Waals surface area contributed by atoms with E-state index in [1.54, 1.807) is 0 Å². The van der Waals surface area contributed by atoms with Gasteiger partial charge in [-0.3, -0.25) is 0 Å². The van der Waals surface area contributed by atoms with Gasteiger partial charge in [-0.2, -0.15) is 15.0 Å². The first kappa shape index (κ1) is 14.8. The van der Waals surface area contributed by atoms with E-state index in [0.717, 1.165) is 18.9 Å². The van der Waals surface area contributed by atoms with Crippen LogP contribution in [0.1, 0.15) is 39.5 Å². The van der Waals surface area contributed by atoms with E-state index >= 15 is 0 Å². The second-order valence-electron chi connectivity index (χ2n) is 5.83. The van der Waals surface area contributed by atoms with Crippen molar-refractivity contribution in [1.82, 2.24) is 15.0 Å². The number of hydrogen-bond acceptors (Lipinski definition) is 6. The van der Waals surface area contributed by atoms with Gasteiger partial charge in [0.1, 0.15) is 0 Å². The van der Waals surface area contributed by atoms with E-state index in [1.807, 2.05) is 19.0 Å². The molecule has 1 aromatic rings. The van der Waals surface area contributed by atoms with Crippen LogP contribution in [0.2, 0.25) is 0 Å². The summed E-state index contributed by atoms with van der Waals surface area (Å²) in [6.07, 6.45) is 4.98. The zero-order valence-electron chi connectivity index (χ0n) is 13.0. The van der Waals surface area contributed by atoms with Gasteiger partial charge in [-0.15, -0.1) is 0 Å². The lowest BCUT2D eigenvalue weighted by Gasteiger charge is -2.17. The highest BCUT2D eigenvalue weighted by Crippen LogP contribution is 2.33. The van der Waals surface area contributed by atoms with E-state index in [-0.39, 0.29) is 0 Å². The van der Waals surface area contributed by atoms with Crippen molar-refractivity contribution in [3.05, 3.63) is 0 Å². The fourth-order valence-electron chi connectivity index (χ4n) is 2.08. The maximum atomic E-state index is 4.46. The third-order valence-corrected chi connectivity index (χ3v) is 3.32. The molecule has 1 aromatic heterocycles. The lowest BCUT2D eigenvalue weighted by molar-refractivity contribution is 0.637. The molecule has 1 aliphatic carbocycles. The van der Waals surface area contributed by atoms with Gasteiger partial charge in [0.25, 0.3) is 0 Å². The molecule has 6 nitrogen and oxygen atoms in total. The number of rotatable bonds is 8. The molecule has 2 N–H and O–H groups in total. The molecule has 112 valence electrons. The lowest BCUT2D eigenvalue weighted by Crippen LogP contribution is -2.21. The first-order valence-electron chi connectivity index (χ1n) is 7.52. The van der Waals surface area contributed by atoms with Crippen molar-refractivity contribution >= 4 is 17.8 Å². The van der Waals surface area contributed by atoms with Crippen LogP contribution in [-0.4, -0.2) is 41.6 Å². The van der Waals surface area contributed by atoms with E-state index in [0.29, 0.717) is 23.9 Å². The van der Waals surface area contributed by atoms with E-state index in [1.165, 1.54) is 19.3 Å². The standard InChI is InChI=1S/C14H26N6/c1-5-8-15-12-17-13(19-14(18-12)20(3)4)16-10(2)9-11-6-7-11/h10-11H,5-9H2,1-4H3,(H2,15,16,17,18,19). The predicted molar refractivity (Wildman–Crippen MR) is 83.4 cm³/mol. The summed E-state index contributed by atoms with van der Waals surface area (Å²) in [5.74, 6) is 2.88. The van der Waals surface area contributed by atoms with Gasteiger partial charge >= 0.3 is 0 Å². The predicted octanol–water partition coefficient (Wildman–Crippen LogP) is 2.36. The number of aromatic nitrogens is 3. The van der Waals surface area contributed by atoms with Crippen molar-refractivity contribution in [3.63, 3.8) is 0 Å². The Hall–Kier alpha value is -1.59. The van der Waals surface area contributed by atoms with Gasteiger partial charge in [-0.05, 0) is 25.7 Å². The Morgan fingerprint density at radius 3 is 2.50 bits per heavy atom. The van der Waals surface area contributed by atoms with Gasteiger partial charge < -0.3 is 15.5 Å². The van der Waals surface area contributed by atoms with Crippen LogP contribution in [0, 0.1) is 5.92 Å². The Bertz CT molecular complexity index is 430. The summed E-state index contributed by atoms with van der Waals surface area (Å²) in [5, 5.41) is 6.62. The average Bonchev–Trinajstić information content (AvgIpc) is 3.19. The third-order valence-electron chi connectivity index (χ3n) is 3.32. The Balaban J connectivity index is 2.06. The van der Waals surface area contributed by atoms with Gasteiger partial charge in [-0.1, -0.05) is 19.8 Å². The highest BCUT2D eigenvalue weighted by molar-refractivity contribution is 5.43. The summed E-state index contributed by atoms with van der Waals surface area (Å²) in [7, 11) is 3.88. The highest BCUT2D eigenvalue weighted by Gasteiger charge is 2.24. The first-order valence-corrected chi connectivity index (χ1v) is 7.52. The largest absolute Gasteiger partial charge is 0.354 e. The number of nitrogens with one attached hydrogen (secondary N) is 2. The number of hydrogen-bond donors (Lipinski definition) is 2. The van der Waals surface area contributed by atoms with Crippen molar-refractivity contribution in [3.8, 4) is 0 Å². The van der Waals surface area contributed by atoms with Gasteiger partial charge in [0.2, 0.25) is 17.8 Å². The molecular weight excluding hydrogens is 252 g/mol. The summed E-state index contributed by atoms with van der Waals surface area (Å²) in [5.41, 5.74) is 0. The summed E-state index contributed by atoms with van der Waals surface area (Å²) >= 11 is 0. The van der Waals surface area contributed by atoms with Crippen LogP contribution in [0.4, 0.5) is 17.8 Å².